The number of aliphatic hydroxyl groups is 1. The molecule has 0 atom stereocenters. The zero-order valence-electron chi connectivity index (χ0n) is 14.1. The molecule has 1 aromatic carbocycles. The van der Waals surface area contributed by atoms with Crippen LogP contribution in [-0.4, -0.2) is 41.7 Å². The normalized spacial score (nSPS) is 20.0. The first-order valence-corrected chi connectivity index (χ1v) is 8.87. The Balaban J connectivity index is 1.65. The van der Waals surface area contributed by atoms with E-state index in [0.29, 0.717) is 6.54 Å². The van der Waals surface area contributed by atoms with E-state index in [2.05, 4.69) is 23.1 Å². The molecular formula is C19H28N2O2. The fourth-order valence-corrected chi connectivity index (χ4v) is 3.88. The van der Waals surface area contributed by atoms with Gasteiger partial charge in [-0.05, 0) is 37.3 Å². The zero-order valence-corrected chi connectivity index (χ0v) is 14.1. The van der Waals surface area contributed by atoms with Crippen molar-refractivity contribution in [3.05, 3.63) is 29.8 Å². The Labute approximate surface area is 139 Å². The average Bonchev–Trinajstić information content (AvgIpc) is 3.19. The number of carbonyl (C=O) groups excluding carboxylic acids is 1. The minimum absolute atomic E-state index is 0.0469. The summed E-state index contributed by atoms with van der Waals surface area (Å²) in [5.74, 6) is 0.0469. The van der Waals surface area contributed by atoms with Crippen molar-refractivity contribution in [2.45, 2.75) is 57.1 Å². The highest BCUT2D eigenvalue weighted by molar-refractivity contribution is 5.77. The Morgan fingerprint density at radius 1 is 1.17 bits per heavy atom. The van der Waals surface area contributed by atoms with Gasteiger partial charge in [-0.15, -0.1) is 0 Å². The molecule has 0 spiro atoms. The van der Waals surface area contributed by atoms with E-state index in [1.807, 2.05) is 13.1 Å². The van der Waals surface area contributed by atoms with E-state index < -0.39 is 5.60 Å². The minimum Gasteiger partial charge on any atom is -0.389 e. The molecule has 4 nitrogen and oxygen atoms in total. The van der Waals surface area contributed by atoms with Crippen LogP contribution in [0.2, 0.25) is 0 Å². The third-order valence-corrected chi connectivity index (χ3v) is 5.29. The number of rotatable bonds is 5. The van der Waals surface area contributed by atoms with Gasteiger partial charge >= 0.3 is 0 Å². The number of hydrogen-bond acceptors (Lipinski definition) is 3. The summed E-state index contributed by atoms with van der Waals surface area (Å²) in [6.07, 6.45) is 6.34. The first-order valence-electron chi connectivity index (χ1n) is 8.87. The molecule has 4 heteroatoms. The molecule has 2 aliphatic rings. The van der Waals surface area contributed by atoms with Crippen molar-refractivity contribution in [1.29, 1.82) is 0 Å². The molecule has 1 saturated carbocycles. The van der Waals surface area contributed by atoms with Crippen molar-refractivity contribution in [1.82, 2.24) is 4.90 Å². The molecule has 0 radical (unpaired) electrons. The maximum atomic E-state index is 12.5. The Hall–Kier alpha value is -1.55. The van der Waals surface area contributed by atoms with Gasteiger partial charge in [0.2, 0.25) is 5.91 Å². The van der Waals surface area contributed by atoms with Gasteiger partial charge in [0.1, 0.15) is 0 Å². The minimum atomic E-state index is -0.764. The summed E-state index contributed by atoms with van der Waals surface area (Å²) in [6, 6.07) is 8.38. The van der Waals surface area contributed by atoms with E-state index in [1.54, 1.807) is 4.90 Å². The molecule has 1 aliphatic carbocycles. The van der Waals surface area contributed by atoms with E-state index in [0.717, 1.165) is 38.8 Å². The molecular weight excluding hydrogens is 288 g/mol. The second kappa shape index (κ2) is 6.91. The van der Waals surface area contributed by atoms with E-state index >= 15 is 0 Å². The average molecular weight is 316 g/mol. The second-order valence-corrected chi connectivity index (χ2v) is 7.18. The van der Waals surface area contributed by atoms with Crippen LogP contribution < -0.4 is 4.90 Å². The van der Waals surface area contributed by atoms with Crippen molar-refractivity contribution >= 4 is 11.6 Å². The zero-order chi connectivity index (χ0) is 16.3. The molecule has 1 aromatic rings. The monoisotopic (exact) mass is 316 g/mol. The van der Waals surface area contributed by atoms with Crippen LogP contribution in [-0.2, 0) is 11.3 Å². The highest BCUT2D eigenvalue weighted by atomic mass is 16.3. The fourth-order valence-electron chi connectivity index (χ4n) is 3.88. The number of carbonyl (C=O) groups is 1. The van der Waals surface area contributed by atoms with Gasteiger partial charge in [0.05, 0.1) is 12.0 Å². The molecule has 0 unspecified atom stereocenters. The highest BCUT2D eigenvalue weighted by Crippen LogP contribution is 2.33. The summed E-state index contributed by atoms with van der Waals surface area (Å²) in [4.78, 5) is 16.7. The standard InChI is InChI=1S/C19H28N2O2/c1-20(18(22)14-19(23)10-4-5-11-19)15-16-8-2-3-9-17(16)21-12-6-7-13-21/h2-3,8-9,23H,4-7,10-15H2,1H3. The van der Waals surface area contributed by atoms with Crippen molar-refractivity contribution in [3.63, 3.8) is 0 Å². The first-order chi connectivity index (χ1) is 11.1. The lowest BCUT2D eigenvalue weighted by atomic mass is 9.97. The topological polar surface area (TPSA) is 43.8 Å². The van der Waals surface area contributed by atoms with Gasteiger partial charge in [-0.3, -0.25) is 4.79 Å². The van der Waals surface area contributed by atoms with Crippen LogP contribution >= 0.6 is 0 Å². The van der Waals surface area contributed by atoms with Crippen molar-refractivity contribution < 1.29 is 9.90 Å². The smallest absolute Gasteiger partial charge is 0.225 e. The van der Waals surface area contributed by atoms with Gasteiger partial charge in [0, 0.05) is 32.4 Å². The number of nitrogens with zero attached hydrogens (tertiary/aromatic N) is 2. The summed E-state index contributed by atoms with van der Waals surface area (Å²) < 4.78 is 0. The van der Waals surface area contributed by atoms with Crippen LogP contribution in [0.4, 0.5) is 5.69 Å². The van der Waals surface area contributed by atoms with E-state index in [9.17, 15) is 9.90 Å². The highest BCUT2D eigenvalue weighted by Gasteiger charge is 2.34. The summed E-state index contributed by atoms with van der Waals surface area (Å²) in [7, 11) is 1.85. The number of benzene rings is 1. The van der Waals surface area contributed by atoms with Gasteiger partial charge in [-0.2, -0.15) is 0 Å². The van der Waals surface area contributed by atoms with Gasteiger partial charge in [0.25, 0.3) is 0 Å². The van der Waals surface area contributed by atoms with Crippen LogP contribution in [0.25, 0.3) is 0 Å². The molecule has 0 aromatic heterocycles. The van der Waals surface area contributed by atoms with Crippen molar-refractivity contribution in [2.24, 2.45) is 0 Å². The summed E-state index contributed by atoms with van der Waals surface area (Å²) >= 11 is 0. The van der Waals surface area contributed by atoms with Crippen LogP contribution in [0.1, 0.15) is 50.5 Å². The van der Waals surface area contributed by atoms with Crippen molar-refractivity contribution in [3.8, 4) is 0 Å². The summed E-state index contributed by atoms with van der Waals surface area (Å²) in [5, 5.41) is 10.4. The number of amides is 1. The number of hydrogen-bond donors (Lipinski definition) is 1. The molecule has 3 rings (SSSR count). The molecule has 23 heavy (non-hydrogen) atoms. The molecule has 0 bridgehead atoms. The van der Waals surface area contributed by atoms with Gasteiger partial charge in [0.15, 0.2) is 0 Å². The maximum Gasteiger partial charge on any atom is 0.225 e. The summed E-state index contributed by atoms with van der Waals surface area (Å²) in [6.45, 7) is 2.82. The second-order valence-electron chi connectivity index (χ2n) is 7.18. The maximum absolute atomic E-state index is 12.5. The van der Waals surface area contributed by atoms with E-state index in [-0.39, 0.29) is 12.3 Å². The Bertz CT molecular complexity index is 546. The molecule has 1 heterocycles. The van der Waals surface area contributed by atoms with Crippen LogP contribution in [0, 0.1) is 0 Å². The molecule has 1 N–H and O–H groups in total. The van der Waals surface area contributed by atoms with Gasteiger partial charge in [-0.1, -0.05) is 31.0 Å². The third-order valence-electron chi connectivity index (χ3n) is 5.29. The lowest BCUT2D eigenvalue weighted by Gasteiger charge is -2.27. The van der Waals surface area contributed by atoms with Gasteiger partial charge in [-0.25, -0.2) is 0 Å². The van der Waals surface area contributed by atoms with E-state index in [4.69, 9.17) is 0 Å². The number of para-hydroxylation sites is 1. The number of anilines is 1. The molecule has 1 saturated heterocycles. The lowest BCUT2D eigenvalue weighted by Crippen LogP contribution is -2.36. The third kappa shape index (κ3) is 3.86. The summed E-state index contributed by atoms with van der Waals surface area (Å²) in [5.41, 5.74) is 1.69. The lowest BCUT2D eigenvalue weighted by molar-refractivity contribution is -0.135. The quantitative estimate of drug-likeness (QED) is 0.908. The predicted molar refractivity (Wildman–Crippen MR) is 92.4 cm³/mol. The molecule has 1 amide bonds. The van der Waals surface area contributed by atoms with E-state index in [1.165, 1.54) is 24.1 Å². The molecule has 126 valence electrons. The van der Waals surface area contributed by atoms with Crippen LogP contribution in [0.15, 0.2) is 24.3 Å². The Morgan fingerprint density at radius 3 is 2.52 bits per heavy atom. The Morgan fingerprint density at radius 2 is 1.83 bits per heavy atom. The van der Waals surface area contributed by atoms with Gasteiger partial charge < -0.3 is 14.9 Å². The fraction of sp³-hybridized carbons (Fsp3) is 0.632. The largest absolute Gasteiger partial charge is 0.389 e. The van der Waals surface area contributed by atoms with Crippen LogP contribution in [0.5, 0.6) is 0 Å². The van der Waals surface area contributed by atoms with Crippen LogP contribution in [0.3, 0.4) is 0 Å². The Kier molecular flexibility index (Phi) is 4.90. The van der Waals surface area contributed by atoms with Crippen molar-refractivity contribution in [2.75, 3.05) is 25.0 Å². The predicted octanol–water partition coefficient (Wildman–Crippen LogP) is 2.94. The first kappa shape index (κ1) is 16.3. The SMILES string of the molecule is CN(Cc1ccccc1N1CCCC1)C(=O)CC1(O)CCCC1. The molecule has 1 aliphatic heterocycles. The molecule has 2 fully saturated rings.